The van der Waals surface area contributed by atoms with E-state index in [0.29, 0.717) is 28.3 Å². The number of ether oxygens (including phenoxy) is 2. The Morgan fingerprint density at radius 3 is 2.20 bits per heavy atom. The van der Waals surface area contributed by atoms with E-state index in [0.717, 1.165) is 0 Å². The molecule has 0 unspecified atom stereocenters. The topological polar surface area (TPSA) is 133 Å². The van der Waals surface area contributed by atoms with Crippen molar-refractivity contribution in [3.8, 4) is 17.2 Å². The standard InChI is InChI=1S/C29H27N5O6/c1-18(23-12-8-9-13-24(23)40-29(38)20-14-16-22(39-4)17-15-20)31-32-27(36)26(35)30-25-19(2)33(3)34(28(25)37)21-10-6-5-7-11-21/h5-17H,1-4H3,(H,30,35)(H,32,36)/b31-18+. The molecule has 0 aliphatic rings. The first-order chi connectivity index (χ1) is 19.2. The normalized spacial score (nSPS) is 11.1. The van der Waals surface area contributed by atoms with Gasteiger partial charge in [-0.05, 0) is 62.4 Å². The Labute approximate surface area is 229 Å². The van der Waals surface area contributed by atoms with Crippen molar-refractivity contribution in [3.05, 3.63) is 106 Å². The Hall–Kier alpha value is -5.45. The van der Waals surface area contributed by atoms with Crippen LogP contribution in [0.5, 0.6) is 11.5 Å². The Balaban J connectivity index is 1.46. The van der Waals surface area contributed by atoms with Crippen LogP contribution < -0.4 is 25.8 Å². The summed E-state index contributed by atoms with van der Waals surface area (Å²) < 4.78 is 13.6. The van der Waals surface area contributed by atoms with Gasteiger partial charge < -0.3 is 14.8 Å². The number of esters is 1. The summed E-state index contributed by atoms with van der Waals surface area (Å²) in [5, 5.41) is 6.38. The molecule has 4 aromatic rings. The van der Waals surface area contributed by atoms with Crippen LogP contribution in [-0.4, -0.2) is 40.0 Å². The highest BCUT2D eigenvalue weighted by Gasteiger charge is 2.22. The molecule has 0 aliphatic heterocycles. The summed E-state index contributed by atoms with van der Waals surface area (Å²) in [6.45, 7) is 3.24. The molecule has 0 bridgehead atoms. The summed E-state index contributed by atoms with van der Waals surface area (Å²) >= 11 is 0. The minimum atomic E-state index is -1.08. The highest BCUT2D eigenvalue weighted by Crippen LogP contribution is 2.21. The summed E-state index contributed by atoms with van der Waals surface area (Å²) in [5.41, 5.74) is 3.76. The molecule has 2 amide bonds. The molecule has 0 spiro atoms. The first-order valence-electron chi connectivity index (χ1n) is 12.2. The number of nitrogens with zero attached hydrogens (tertiary/aromatic N) is 3. The van der Waals surface area contributed by atoms with Crippen molar-refractivity contribution in [1.29, 1.82) is 0 Å². The van der Waals surface area contributed by atoms with E-state index < -0.39 is 23.3 Å². The van der Waals surface area contributed by atoms with Crippen molar-refractivity contribution in [2.24, 2.45) is 12.1 Å². The minimum Gasteiger partial charge on any atom is -0.497 e. The number of methoxy groups -OCH3 is 1. The molecule has 11 heteroatoms. The maximum Gasteiger partial charge on any atom is 0.343 e. The molecule has 2 N–H and O–H groups in total. The van der Waals surface area contributed by atoms with Gasteiger partial charge in [-0.15, -0.1) is 0 Å². The van der Waals surface area contributed by atoms with E-state index in [1.807, 2.05) is 6.07 Å². The molecule has 0 saturated carbocycles. The van der Waals surface area contributed by atoms with E-state index in [1.54, 1.807) is 98.4 Å². The van der Waals surface area contributed by atoms with Crippen LogP contribution >= 0.6 is 0 Å². The largest absolute Gasteiger partial charge is 0.497 e. The fourth-order valence-corrected chi connectivity index (χ4v) is 3.87. The van der Waals surface area contributed by atoms with Gasteiger partial charge in [0.1, 0.15) is 17.2 Å². The van der Waals surface area contributed by atoms with Gasteiger partial charge in [0.05, 0.1) is 29.8 Å². The summed E-state index contributed by atoms with van der Waals surface area (Å²) in [7, 11) is 3.20. The second-order valence-corrected chi connectivity index (χ2v) is 8.64. The number of aromatic nitrogens is 2. The predicted octanol–water partition coefficient (Wildman–Crippen LogP) is 3.19. The van der Waals surface area contributed by atoms with Gasteiger partial charge in [0.15, 0.2) is 0 Å². The zero-order valence-electron chi connectivity index (χ0n) is 22.3. The van der Waals surface area contributed by atoms with Crippen LogP contribution in [0, 0.1) is 6.92 Å². The van der Waals surface area contributed by atoms with E-state index in [9.17, 15) is 19.2 Å². The van der Waals surface area contributed by atoms with Gasteiger partial charge in [-0.3, -0.25) is 19.1 Å². The molecule has 3 aromatic carbocycles. The van der Waals surface area contributed by atoms with Gasteiger partial charge in [0, 0.05) is 12.6 Å². The molecule has 0 radical (unpaired) electrons. The molecular weight excluding hydrogens is 514 g/mol. The van der Waals surface area contributed by atoms with Crippen molar-refractivity contribution in [2.45, 2.75) is 13.8 Å². The molecule has 1 aromatic heterocycles. The van der Waals surface area contributed by atoms with E-state index in [2.05, 4.69) is 15.8 Å². The highest BCUT2D eigenvalue weighted by molar-refractivity contribution is 6.39. The third-order valence-corrected chi connectivity index (χ3v) is 6.13. The smallest absolute Gasteiger partial charge is 0.343 e. The Morgan fingerprint density at radius 1 is 0.875 bits per heavy atom. The first kappa shape index (κ1) is 27.6. The van der Waals surface area contributed by atoms with E-state index in [1.165, 1.54) is 11.8 Å². The number of amides is 2. The predicted molar refractivity (Wildman–Crippen MR) is 149 cm³/mol. The summed E-state index contributed by atoms with van der Waals surface area (Å²) in [6.07, 6.45) is 0. The fourth-order valence-electron chi connectivity index (χ4n) is 3.87. The second-order valence-electron chi connectivity index (χ2n) is 8.64. The molecule has 40 heavy (non-hydrogen) atoms. The summed E-state index contributed by atoms with van der Waals surface area (Å²) in [5.74, 6) is -1.93. The highest BCUT2D eigenvalue weighted by atomic mass is 16.5. The number of hydrogen-bond acceptors (Lipinski definition) is 7. The molecule has 204 valence electrons. The molecule has 0 aliphatic carbocycles. The number of benzene rings is 3. The lowest BCUT2D eigenvalue weighted by Gasteiger charge is -2.10. The molecular formula is C29H27N5O6. The molecule has 1 heterocycles. The number of nitrogens with one attached hydrogen (secondary N) is 2. The molecule has 0 fully saturated rings. The SMILES string of the molecule is COc1ccc(C(=O)Oc2ccccc2/C(C)=N/NC(=O)C(=O)Nc2c(C)n(C)n(-c3ccccc3)c2=O)cc1. The van der Waals surface area contributed by atoms with E-state index in [-0.39, 0.29) is 17.1 Å². The summed E-state index contributed by atoms with van der Waals surface area (Å²) in [4.78, 5) is 50.8. The molecule has 0 saturated heterocycles. The number of carbonyl (C=O) groups is 3. The zero-order valence-corrected chi connectivity index (χ0v) is 22.3. The average molecular weight is 542 g/mol. The van der Waals surface area contributed by atoms with Crippen LogP contribution in [0.4, 0.5) is 5.69 Å². The Morgan fingerprint density at radius 2 is 1.52 bits per heavy atom. The lowest BCUT2D eigenvalue weighted by Crippen LogP contribution is -2.34. The zero-order chi connectivity index (χ0) is 28.8. The van der Waals surface area contributed by atoms with Crippen LogP contribution in [0.25, 0.3) is 5.69 Å². The van der Waals surface area contributed by atoms with Crippen molar-refractivity contribution in [1.82, 2.24) is 14.8 Å². The van der Waals surface area contributed by atoms with Gasteiger partial charge in [0.25, 0.3) is 5.56 Å². The number of anilines is 1. The number of rotatable bonds is 7. The average Bonchev–Trinajstić information content (AvgIpc) is 3.19. The van der Waals surface area contributed by atoms with Crippen LogP contribution in [-0.2, 0) is 16.6 Å². The second kappa shape index (κ2) is 11.9. The van der Waals surface area contributed by atoms with E-state index >= 15 is 0 Å². The lowest BCUT2D eigenvalue weighted by atomic mass is 10.1. The quantitative estimate of drug-likeness (QED) is 0.121. The number of para-hydroxylation sites is 2. The van der Waals surface area contributed by atoms with Crippen molar-refractivity contribution in [2.75, 3.05) is 12.4 Å². The fraction of sp³-hybridized carbons (Fsp3) is 0.138. The maximum absolute atomic E-state index is 13.0. The third kappa shape index (κ3) is 5.83. The van der Waals surface area contributed by atoms with Crippen LogP contribution in [0.3, 0.4) is 0 Å². The maximum atomic E-state index is 13.0. The molecule has 11 nitrogen and oxygen atoms in total. The van der Waals surface area contributed by atoms with Crippen LogP contribution in [0.2, 0.25) is 0 Å². The minimum absolute atomic E-state index is 0.0250. The summed E-state index contributed by atoms with van der Waals surface area (Å²) in [6, 6.07) is 22.0. The van der Waals surface area contributed by atoms with Gasteiger partial charge >= 0.3 is 17.8 Å². The van der Waals surface area contributed by atoms with E-state index in [4.69, 9.17) is 9.47 Å². The van der Waals surface area contributed by atoms with Crippen molar-refractivity contribution < 1.29 is 23.9 Å². The van der Waals surface area contributed by atoms with Gasteiger partial charge in [-0.1, -0.05) is 30.3 Å². The van der Waals surface area contributed by atoms with Gasteiger partial charge in [0.2, 0.25) is 0 Å². The number of carbonyl (C=O) groups excluding carboxylic acids is 3. The van der Waals surface area contributed by atoms with Crippen molar-refractivity contribution in [3.63, 3.8) is 0 Å². The van der Waals surface area contributed by atoms with Crippen LogP contribution in [0.1, 0.15) is 28.5 Å². The Bertz CT molecular complexity index is 1650. The molecule has 4 rings (SSSR count). The molecule has 0 atom stereocenters. The number of hydrogen-bond donors (Lipinski definition) is 2. The first-order valence-corrected chi connectivity index (χ1v) is 12.2. The third-order valence-electron chi connectivity index (χ3n) is 6.13. The Kier molecular flexibility index (Phi) is 8.24. The van der Waals surface area contributed by atoms with Crippen LogP contribution in [0.15, 0.2) is 88.8 Å². The van der Waals surface area contributed by atoms with Crippen molar-refractivity contribution >= 4 is 29.2 Å². The van der Waals surface area contributed by atoms with Gasteiger partial charge in [-0.2, -0.15) is 5.10 Å². The number of hydrazone groups is 1. The monoisotopic (exact) mass is 541 g/mol. The lowest BCUT2D eigenvalue weighted by molar-refractivity contribution is -0.136. The van der Waals surface area contributed by atoms with Gasteiger partial charge in [-0.25, -0.2) is 14.9 Å².